The second-order valence-corrected chi connectivity index (χ2v) is 7.93. The van der Waals surface area contributed by atoms with Gasteiger partial charge in [0, 0.05) is 25.5 Å². The number of anilines is 2. The summed E-state index contributed by atoms with van der Waals surface area (Å²) in [5.41, 5.74) is 2.00. The fraction of sp³-hybridized carbons (Fsp3) is 0.333. The number of nitrogens with zero attached hydrogens (tertiary/aromatic N) is 5. The monoisotopic (exact) mass is 432 g/mol. The SMILES string of the molecule is COc1cccc(CN(C)CC(=O)N2CCCC2c2cccc(Nc3cnccn3)n2)c1. The number of benzene rings is 1. The van der Waals surface area contributed by atoms with E-state index in [2.05, 4.69) is 15.3 Å². The molecule has 8 nitrogen and oxygen atoms in total. The number of carbonyl (C=O) groups is 1. The third kappa shape index (κ3) is 5.39. The largest absolute Gasteiger partial charge is 0.497 e. The average molecular weight is 433 g/mol. The Balaban J connectivity index is 1.40. The van der Waals surface area contributed by atoms with Crippen molar-refractivity contribution in [2.45, 2.75) is 25.4 Å². The topological polar surface area (TPSA) is 83.5 Å². The molecule has 0 aliphatic carbocycles. The number of pyridine rings is 1. The first-order chi connectivity index (χ1) is 15.6. The van der Waals surface area contributed by atoms with Gasteiger partial charge in [-0.2, -0.15) is 0 Å². The number of ether oxygens (including phenoxy) is 1. The summed E-state index contributed by atoms with van der Waals surface area (Å²) in [7, 11) is 3.62. The molecule has 0 spiro atoms. The highest BCUT2D eigenvalue weighted by atomic mass is 16.5. The van der Waals surface area contributed by atoms with Gasteiger partial charge >= 0.3 is 0 Å². The quantitative estimate of drug-likeness (QED) is 0.584. The Labute approximate surface area is 188 Å². The summed E-state index contributed by atoms with van der Waals surface area (Å²) in [5, 5.41) is 3.17. The Hall–Kier alpha value is -3.52. The summed E-state index contributed by atoms with van der Waals surface area (Å²) >= 11 is 0. The van der Waals surface area contributed by atoms with E-state index in [0.29, 0.717) is 24.7 Å². The Morgan fingerprint density at radius 2 is 2.09 bits per heavy atom. The van der Waals surface area contributed by atoms with E-state index in [1.54, 1.807) is 25.7 Å². The van der Waals surface area contributed by atoms with Gasteiger partial charge in [-0.25, -0.2) is 9.97 Å². The number of rotatable bonds is 8. The number of amides is 1. The maximum atomic E-state index is 13.1. The molecule has 0 radical (unpaired) electrons. The summed E-state index contributed by atoms with van der Waals surface area (Å²) in [6.07, 6.45) is 6.79. The van der Waals surface area contributed by atoms with Crippen LogP contribution in [0.1, 0.15) is 30.1 Å². The maximum Gasteiger partial charge on any atom is 0.237 e. The predicted molar refractivity (Wildman–Crippen MR) is 123 cm³/mol. The van der Waals surface area contributed by atoms with Crippen LogP contribution in [-0.2, 0) is 11.3 Å². The highest BCUT2D eigenvalue weighted by Gasteiger charge is 2.31. The molecule has 166 valence electrons. The lowest BCUT2D eigenvalue weighted by Gasteiger charge is -2.27. The van der Waals surface area contributed by atoms with E-state index >= 15 is 0 Å². The number of nitrogens with one attached hydrogen (secondary N) is 1. The first-order valence-electron chi connectivity index (χ1n) is 10.7. The van der Waals surface area contributed by atoms with Gasteiger partial charge in [0.25, 0.3) is 0 Å². The van der Waals surface area contributed by atoms with Crippen LogP contribution < -0.4 is 10.1 Å². The Morgan fingerprint density at radius 1 is 1.22 bits per heavy atom. The number of methoxy groups -OCH3 is 1. The summed E-state index contributed by atoms with van der Waals surface area (Å²) in [6.45, 7) is 1.78. The van der Waals surface area contributed by atoms with Crippen LogP contribution in [-0.4, -0.2) is 57.9 Å². The lowest BCUT2D eigenvalue weighted by atomic mass is 10.1. The molecule has 3 heterocycles. The number of aromatic nitrogens is 3. The van der Waals surface area contributed by atoms with Crippen molar-refractivity contribution in [3.63, 3.8) is 0 Å². The molecule has 0 bridgehead atoms. The van der Waals surface area contributed by atoms with Gasteiger partial charge in [0.05, 0.1) is 31.6 Å². The highest BCUT2D eigenvalue weighted by Crippen LogP contribution is 2.31. The minimum absolute atomic E-state index is 0.0173. The van der Waals surface area contributed by atoms with Gasteiger partial charge < -0.3 is 15.0 Å². The summed E-state index contributed by atoms with van der Waals surface area (Å²) in [4.78, 5) is 30.2. The van der Waals surface area contributed by atoms with Crippen LogP contribution in [0.15, 0.2) is 61.1 Å². The molecule has 1 N–H and O–H groups in total. The molecule has 1 aromatic carbocycles. The zero-order valence-electron chi connectivity index (χ0n) is 18.4. The summed E-state index contributed by atoms with van der Waals surface area (Å²) < 4.78 is 5.30. The Bertz CT molecular complexity index is 1050. The molecule has 1 saturated heterocycles. The van der Waals surface area contributed by atoms with Gasteiger partial charge in [-0.3, -0.25) is 14.7 Å². The molecule has 1 fully saturated rings. The minimum atomic E-state index is -0.0173. The third-order valence-electron chi connectivity index (χ3n) is 5.50. The second kappa shape index (κ2) is 10.2. The summed E-state index contributed by atoms with van der Waals surface area (Å²) in [6, 6.07) is 13.7. The molecule has 3 aromatic rings. The standard InChI is InChI=1S/C24H28N6O2/c1-29(16-18-6-3-7-19(14-18)32-2)17-24(31)30-13-5-9-21(30)20-8-4-10-22(27-20)28-23-15-25-11-12-26-23/h3-4,6-8,10-12,14-15,21H,5,9,13,16-17H2,1-2H3,(H,26,27,28). The van der Waals surface area contributed by atoms with Crippen molar-refractivity contribution in [2.75, 3.05) is 32.6 Å². The second-order valence-electron chi connectivity index (χ2n) is 7.93. The fourth-order valence-corrected chi connectivity index (χ4v) is 4.03. The Morgan fingerprint density at radius 3 is 2.91 bits per heavy atom. The third-order valence-corrected chi connectivity index (χ3v) is 5.50. The first kappa shape index (κ1) is 21.7. The fourth-order valence-electron chi connectivity index (χ4n) is 4.03. The Kier molecular flexibility index (Phi) is 6.91. The molecule has 2 aromatic heterocycles. The van der Waals surface area contributed by atoms with Crippen LogP contribution in [0.4, 0.5) is 11.6 Å². The van der Waals surface area contributed by atoms with Crippen LogP contribution in [0.2, 0.25) is 0 Å². The predicted octanol–water partition coefficient (Wildman–Crippen LogP) is 3.42. The van der Waals surface area contributed by atoms with Crippen LogP contribution >= 0.6 is 0 Å². The molecule has 8 heteroatoms. The summed E-state index contributed by atoms with van der Waals surface area (Å²) in [5.74, 6) is 2.27. The smallest absolute Gasteiger partial charge is 0.237 e. The van der Waals surface area contributed by atoms with Gasteiger partial charge in [0.15, 0.2) is 0 Å². The molecule has 1 amide bonds. The van der Waals surface area contributed by atoms with E-state index in [-0.39, 0.29) is 11.9 Å². The van der Waals surface area contributed by atoms with E-state index in [1.165, 1.54) is 0 Å². The van der Waals surface area contributed by atoms with Crippen molar-refractivity contribution in [1.82, 2.24) is 24.8 Å². The molecule has 0 saturated carbocycles. The van der Waals surface area contributed by atoms with Crippen LogP contribution in [0.5, 0.6) is 5.75 Å². The zero-order chi connectivity index (χ0) is 22.3. The molecule has 4 rings (SSSR count). The molecule has 1 aliphatic heterocycles. The van der Waals surface area contributed by atoms with E-state index in [1.807, 2.05) is 59.3 Å². The van der Waals surface area contributed by atoms with E-state index in [0.717, 1.165) is 36.4 Å². The lowest BCUT2D eigenvalue weighted by molar-refractivity contribution is -0.133. The van der Waals surface area contributed by atoms with Crippen molar-refractivity contribution in [2.24, 2.45) is 0 Å². The highest BCUT2D eigenvalue weighted by molar-refractivity contribution is 5.79. The number of hydrogen-bond donors (Lipinski definition) is 1. The molecule has 1 atom stereocenters. The van der Waals surface area contributed by atoms with Crippen LogP contribution in [0.25, 0.3) is 0 Å². The number of likely N-dealkylation sites (N-methyl/N-ethyl adjacent to an activating group) is 1. The molecule has 1 aliphatic rings. The van der Waals surface area contributed by atoms with E-state index in [4.69, 9.17) is 9.72 Å². The minimum Gasteiger partial charge on any atom is -0.497 e. The zero-order valence-corrected chi connectivity index (χ0v) is 18.4. The van der Waals surface area contributed by atoms with Crippen molar-refractivity contribution < 1.29 is 9.53 Å². The van der Waals surface area contributed by atoms with Crippen molar-refractivity contribution in [3.8, 4) is 5.75 Å². The van der Waals surface area contributed by atoms with Gasteiger partial charge in [-0.15, -0.1) is 0 Å². The van der Waals surface area contributed by atoms with Gasteiger partial charge in [0.2, 0.25) is 5.91 Å². The van der Waals surface area contributed by atoms with Gasteiger partial charge in [-0.05, 0) is 49.7 Å². The molecular formula is C24H28N6O2. The normalized spacial score (nSPS) is 15.7. The maximum absolute atomic E-state index is 13.1. The number of likely N-dealkylation sites (tertiary alicyclic amines) is 1. The number of carbonyl (C=O) groups excluding carboxylic acids is 1. The first-order valence-corrected chi connectivity index (χ1v) is 10.7. The van der Waals surface area contributed by atoms with Gasteiger partial charge in [0.1, 0.15) is 17.4 Å². The van der Waals surface area contributed by atoms with Crippen LogP contribution in [0.3, 0.4) is 0 Å². The van der Waals surface area contributed by atoms with E-state index < -0.39 is 0 Å². The van der Waals surface area contributed by atoms with Crippen molar-refractivity contribution in [3.05, 3.63) is 72.3 Å². The van der Waals surface area contributed by atoms with Crippen LogP contribution in [0, 0.1) is 0 Å². The van der Waals surface area contributed by atoms with E-state index in [9.17, 15) is 4.79 Å². The molecular weight excluding hydrogens is 404 g/mol. The van der Waals surface area contributed by atoms with Gasteiger partial charge in [-0.1, -0.05) is 18.2 Å². The number of hydrogen-bond acceptors (Lipinski definition) is 7. The molecule has 1 unspecified atom stereocenters. The average Bonchev–Trinajstić information content (AvgIpc) is 3.30. The molecule has 32 heavy (non-hydrogen) atoms. The van der Waals surface area contributed by atoms with Crippen molar-refractivity contribution >= 4 is 17.5 Å². The lowest BCUT2D eigenvalue weighted by Crippen LogP contribution is -2.38. The van der Waals surface area contributed by atoms with Crippen molar-refractivity contribution in [1.29, 1.82) is 0 Å².